The Bertz CT molecular complexity index is 604. The van der Waals surface area contributed by atoms with E-state index in [1.54, 1.807) is 6.33 Å². The third-order valence-corrected chi connectivity index (χ3v) is 4.09. The largest absolute Gasteiger partial charge is 0.378 e. The van der Waals surface area contributed by atoms with Crippen LogP contribution in [0.25, 0.3) is 0 Å². The van der Waals surface area contributed by atoms with Gasteiger partial charge in [-0.25, -0.2) is 0 Å². The Morgan fingerprint density at radius 2 is 1.95 bits per heavy atom. The molecule has 0 bridgehead atoms. The molecule has 5 nitrogen and oxygen atoms in total. The Morgan fingerprint density at radius 3 is 2.52 bits per heavy atom. The number of Topliss-reactive ketones (excluding diaryl/α,β-unsaturated/α-hetero) is 1. The quantitative estimate of drug-likeness (QED) is 0.607. The van der Waals surface area contributed by atoms with Crippen molar-refractivity contribution in [3.63, 3.8) is 0 Å². The SMILES string of the molecule is CC(C)n1cnnc1SCC(=O)c1ccc(N(C)C)cc1. The lowest BCUT2D eigenvalue weighted by Gasteiger charge is -2.12. The van der Waals surface area contributed by atoms with Crippen LogP contribution in [0.3, 0.4) is 0 Å². The first-order chi connectivity index (χ1) is 9.99. The van der Waals surface area contributed by atoms with E-state index in [1.807, 2.05) is 47.8 Å². The average molecular weight is 304 g/mol. The second kappa shape index (κ2) is 6.76. The number of ketones is 1. The Balaban J connectivity index is 2.00. The van der Waals surface area contributed by atoms with Gasteiger partial charge in [0.05, 0.1) is 5.75 Å². The Hall–Kier alpha value is -1.82. The number of aromatic nitrogens is 3. The molecule has 21 heavy (non-hydrogen) atoms. The van der Waals surface area contributed by atoms with Crippen molar-refractivity contribution in [2.24, 2.45) is 0 Å². The van der Waals surface area contributed by atoms with Gasteiger partial charge in [0, 0.05) is 31.4 Å². The van der Waals surface area contributed by atoms with Crippen molar-refractivity contribution in [1.29, 1.82) is 0 Å². The lowest BCUT2D eigenvalue weighted by atomic mass is 10.1. The number of hydrogen-bond acceptors (Lipinski definition) is 5. The van der Waals surface area contributed by atoms with Gasteiger partial charge in [0.25, 0.3) is 0 Å². The lowest BCUT2D eigenvalue weighted by Crippen LogP contribution is -2.09. The Labute approximate surface area is 129 Å². The van der Waals surface area contributed by atoms with Crippen LogP contribution in [0.1, 0.15) is 30.2 Å². The van der Waals surface area contributed by atoms with E-state index in [4.69, 9.17) is 0 Å². The Kier molecular flexibility index (Phi) is 5.01. The van der Waals surface area contributed by atoms with E-state index in [0.29, 0.717) is 5.75 Å². The number of anilines is 1. The molecule has 0 aliphatic heterocycles. The molecular formula is C15H20N4OS. The second-order valence-corrected chi connectivity index (χ2v) is 6.21. The maximum absolute atomic E-state index is 12.2. The van der Waals surface area contributed by atoms with Crippen molar-refractivity contribution in [2.45, 2.75) is 25.0 Å². The normalized spacial score (nSPS) is 10.9. The van der Waals surface area contributed by atoms with Crippen LogP contribution in [0.2, 0.25) is 0 Å². The molecule has 0 saturated heterocycles. The van der Waals surface area contributed by atoms with E-state index >= 15 is 0 Å². The summed E-state index contributed by atoms with van der Waals surface area (Å²) in [7, 11) is 3.96. The Morgan fingerprint density at radius 1 is 1.29 bits per heavy atom. The molecule has 2 rings (SSSR count). The maximum Gasteiger partial charge on any atom is 0.191 e. The average Bonchev–Trinajstić information content (AvgIpc) is 2.93. The fraction of sp³-hybridized carbons (Fsp3) is 0.400. The van der Waals surface area contributed by atoms with Crippen LogP contribution in [0.15, 0.2) is 35.7 Å². The smallest absolute Gasteiger partial charge is 0.191 e. The summed E-state index contributed by atoms with van der Waals surface area (Å²) >= 11 is 1.42. The highest BCUT2D eigenvalue weighted by molar-refractivity contribution is 7.99. The number of carbonyl (C=O) groups excluding carboxylic acids is 1. The topological polar surface area (TPSA) is 51.0 Å². The van der Waals surface area contributed by atoms with Gasteiger partial charge in [-0.3, -0.25) is 4.79 Å². The first-order valence-electron chi connectivity index (χ1n) is 6.82. The zero-order valence-electron chi connectivity index (χ0n) is 12.8. The summed E-state index contributed by atoms with van der Waals surface area (Å²) in [6.07, 6.45) is 1.70. The summed E-state index contributed by atoms with van der Waals surface area (Å²) in [6.45, 7) is 4.13. The summed E-state index contributed by atoms with van der Waals surface area (Å²) in [4.78, 5) is 14.2. The molecular weight excluding hydrogens is 284 g/mol. The molecule has 0 aliphatic carbocycles. The minimum atomic E-state index is 0.101. The van der Waals surface area contributed by atoms with Gasteiger partial charge in [-0.15, -0.1) is 10.2 Å². The molecule has 0 atom stereocenters. The standard InChI is InChI=1S/C15H20N4OS/c1-11(2)19-10-16-17-15(19)21-9-14(20)12-5-7-13(8-6-12)18(3)4/h5-8,10-11H,9H2,1-4H3. The van der Waals surface area contributed by atoms with Crippen LogP contribution in [-0.4, -0.2) is 40.4 Å². The van der Waals surface area contributed by atoms with Crippen LogP contribution in [0, 0.1) is 0 Å². The van der Waals surface area contributed by atoms with Crippen LogP contribution >= 0.6 is 11.8 Å². The highest BCUT2D eigenvalue weighted by Crippen LogP contribution is 2.20. The molecule has 0 radical (unpaired) electrons. The third kappa shape index (κ3) is 3.85. The molecule has 0 unspecified atom stereocenters. The molecule has 1 aromatic heterocycles. The van der Waals surface area contributed by atoms with Crippen molar-refractivity contribution in [3.05, 3.63) is 36.2 Å². The van der Waals surface area contributed by atoms with Crippen molar-refractivity contribution in [1.82, 2.24) is 14.8 Å². The molecule has 112 valence electrons. The van der Waals surface area contributed by atoms with Gasteiger partial charge < -0.3 is 9.47 Å². The molecule has 0 amide bonds. The number of thioether (sulfide) groups is 1. The fourth-order valence-electron chi connectivity index (χ4n) is 1.85. The molecule has 1 aromatic carbocycles. The van der Waals surface area contributed by atoms with Crippen LogP contribution in [-0.2, 0) is 0 Å². The third-order valence-electron chi connectivity index (χ3n) is 3.13. The zero-order chi connectivity index (χ0) is 15.4. The molecule has 2 aromatic rings. The molecule has 0 saturated carbocycles. The van der Waals surface area contributed by atoms with E-state index < -0.39 is 0 Å². The van der Waals surface area contributed by atoms with Crippen molar-refractivity contribution < 1.29 is 4.79 Å². The summed E-state index contributed by atoms with van der Waals surface area (Å²) in [5, 5.41) is 8.74. The second-order valence-electron chi connectivity index (χ2n) is 5.27. The van der Waals surface area contributed by atoms with Crippen molar-refractivity contribution in [2.75, 3.05) is 24.7 Å². The molecule has 6 heteroatoms. The van der Waals surface area contributed by atoms with Crippen LogP contribution in [0.5, 0.6) is 0 Å². The molecule has 0 N–H and O–H groups in total. The van der Waals surface area contributed by atoms with Crippen molar-refractivity contribution >= 4 is 23.2 Å². The number of benzene rings is 1. The maximum atomic E-state index is 12.2. The van der Waals surface area contributed by atoms with Crippen molar-refractivity contribution in [3.8, 4) is 0 Å². The zero-order valence-corrected chi connectivity index (χ0v) is 13.6. The van der Waals surface area contributed by atoms with Gasteiger partial charge in [-0.05, 0) is 38.1 Å². The highest BCUT2D eigenvalue weighted by atomic mass is 32.2. The number of carbonyl (C=O) groups is 1. The van der Waals surface area contributed by atoms with Gasteiger partial charge in [0.1, 0.15) is 6.33 Å². The van der Waals surface area contributed by atoms with E-state index in [0.717, 1.165) is 16.4 Å². The lowest BCUT2D eigenvalue weighted by molar-refractivity contribution is 0.102. The minimum absolute atomic E-state index is 0.101. The monoisotopic (exact) mass is 304 g/mol. The first-order valence-corrected chi connectivity index (χ1v) is 7.80. The summed E-state index contributed by atoms with van der Waals surface area (Å²) in [6, 6.07) is 7.93. The number of nitrogens with zero attached hydrogens (tertiary/aromatic N) is 4. The van der Waals surface area contributed by atoms with E-state index in [1.165, 1.54) is 11.8 Å². The van der Waals surface area contributed by atoms with E-state index in [-0.39, 0.29) is 11.8 Å². The van der Waals surface area contributed by atoms with Gasteiger partial charge in [-0.1, -0.05) is 11.8 Å². The predicted octanol–water partition coefficient (Wildman–Crippen LogP) is 2.90. The molecule has 0 aliphatic rings. The number of hydrogen-bond donors (Lipinski definition) is 0. The van der Waals surface area contributed by atoms with Gasteiger partial charge >= 0.3 is 0 Å². The van der Waals surface area contributed by atoms with Gasteiger partial charge in [0.15, 0.2) is 10.9 Å². The predicted molar refractivity (Wildman–Crippen MR) is 86.2 cm³/mol. The summed E-state index contributed by atoms with van der Waals surface area (Å²) in [5.74, 6) is 0.468. The summed E-state index contributed by atoms with van der Waals surface area (Å²) < 4.78 is 1.97. The van der Waals surface area contributed by atoms with Crippen LogP contribution < -0.4 is 4.90 Å². The van der Waals surface area contributed by atoms with E-state index in [2.05, 4.69) is 24.0 Å². The summed E-state index contributed by atoms with van der Waals surface area (Å²) in [5.41, 5.74) is 1.81. The highest BCUT2D eigenvalue weighted by Gasteiger charge is 2.12. The first kappa shape index (κ1) is 15.6. The van der Waals surface area contributed by atoms with Crippen LogP contribution in [0.4, 0.5) is 5.69 Å². The molecule has 0 fully saturated rings. The molecule has 1 heterocycles. The van der Waals surface area contributed by atoms with Gasteiger partial charge in [0.2, 0.25) is 0 Å². The van der Waals surface area contributed by atoms with E-state index in [9.17, 15) is 4.79 Å². The number of rotatable bonds is 6. The molecule has 0 spiro atoms. The van der Waals surface area contributed by atoms with Gasteiger partial charge in [-0.2, -0.15) is 0 Å². The fourth-order valence-corrected chi connectivity index (χ4v) is 2.79. The minimum Gasteiger partial charge on any atom is -0.378 e.